The van der Waals surface area contributed by atoms with Crippen LogP contribution in [0, 0.1) is 5.82 Å². The number of hydrogen-bond donors (Lipinski definition) is 0. The molecule has 4 nitrogen and oxygen atoms in total. The molecular formula is C21H24Cl2FN2NaO2. The summed E-state index contributed by atoms with van der Waals surface area (Å²) in [6, 6.07) is 11.6. The van der Waals surface area contributed by atoms with Crippen LogP contribution in [0.2, 0.25) is 10.0 Å². The molecule has 152 valence electrons. The fourth-order valence-corrected chi connectivity index (χ4v) is 3.54. The summed E-state index contributed by atoms with van der Waals surface area (Å²) in [5, 5.41) is 0.902. The Labute approximate surface area is 204 Å². The summed E-state index contributed by atoms with van der Waals surface area (Å²) in [4.78, 5) is 16.2. The number of carbonyl (C=O) groups excluding carboxylic acids is 1. The number of halogens is 3. The number of ether oxygens (including phenoxy) is 1. The topological polar surface area (TPSA) is 32.8 Å². The minimum Gasteiger partial charge on any atom is -1.00 e. The van der Waals surface area contributed by atoms with Crippen LogP contribution in [0.4, 0.5) is 20.6 Å². The van der Waals surface area contributed by atoms with Gasteiger partial charge in [0.25, 0.3) is 0 Å². The summed E-state index contributed by atoms with van der Waals surface area (Å²) >= 11 is 12.3. The van der Waals surface area contributed by atoms with Gasteiger partial charge < -0.3 is 16.0 Å². The molecule has 8 heteroatoms. The van der Waals surface area contributed by atoms with Crippen LogP contribution in [-0.2, 0) is 4.74 Å². The molecule has 1 fully saturated rings. The predicted octanol–water partition coefficient (Wildman–Crippen LogP) is 3.40. The fourth-order valence-electron chi connectivity index (χ4n) is 3.25. The number of benzene rings is 2. The Hall–Kier alpha value is -0.980. The molecule has 2 aromatic rings. The smallest absolute Gasteiger partial charge is 1.00 e. The molecule has 1 amide bonds. The summed E-state index contributed by atoms with van der Waals surface area (Å²) in [6.07, 6.45) is 0.417. The van der Waals surface area contributed by atoms with Crippen LogP contribution in [-0.4, -0.2) is 35.7 Å². The van der Waals surface area contributed by atoms with Crippen molar-refractivity contribution in [1.29, 1.82) is 0 Å². The summed E-state index contributed by atoms with van der Waals surface area (Å²) in [5.74, 6) is -0.306. The predicted molar refractivity (Wildman–Crippen MR) is 112 cm³/mol. The molecule has 29 heavy (non-hydrogen) atoms. The van der Waals surface area contributed by atoms with Gasteiger partial charge in [-0.15, -0.1) is 0 Å². The van der Waals surface area contributed by atoms with Crippen molar-refractivity contribution in [3.8, 4) is 0 Å². The van der Waals surface area contributed by atoms with Crippen molar-refractivity contribution in [1.82, 2.24) is 4.90 Å². The van der Waals surface area contributed by atoms with E-state index in [0.29, 0.717) is 23.1 Å². The van der Waals surface area contributed by atoms with Crippen molar-refractivity contribution < 1.29 is 44.9 Å². The van der Waals surface area contributed by atoms with Crippen LogP contribution in [0.1, 0.15) is 28.6 Å². The van der Waals surface area contributed by atoms with Gasteiger partial charge in [-0.05, 0) is 69.7 Å². The Morgan fingerprint density at radius 3 is 2.34 bits per heavy atom. The summed E-state index contributed by atoms with van der Waals surface area (Å²) < 4.78 is 18.9. The zero-order valence-electron chi connectivity index (χ0n) is 18.1. The molecule has 1 heterocycles. The minimum atomic E-state index is -0.546. The molecule has 3 rings (SSSR count). The molecule has 2 aromatic carbocycles. The monoisotopic (exact) mass is 448 g/mol. The molecular weight excluding hydrogens is 425 g/mol. The first kappa shape index (κ1) is 24.3. The zero-order valence-corrected chi connectivity index (χ0v) is 20.6. The largest absolute Gasteiger partial charge is 1.00 e. The number of likely N-dealkylation sites (tertiary alicyclic amines) is 1. The van der Waals surface area contributed by atoms with Crippen LogP contribution in [0.5, 0.6) is 0 Å². The van der Waals surface area contributed by atoms with Gasteiger partial charge >= 0.3 is 35.7 Å². The van der Waals surface area contributed by atoms with Gasteiger partial charge in [0, 0.05) is 24.5 Å². The number of rotatable bonds is 3. The molecule has 0 N–H and O–H groups in total. The van der Waals surface area contributed by atoms with E-state index in [1.165, 1.54) is 12.1 Å². The van der Waals surface area contributed by atoms with Crippen LogP contribution >= 0.6 is 23.2 Å². The minimum absolute atomic E-state index is 0. The second kappa shape index (κ2) is 9.88. The summed E-state index contributed by atoms with van der Waals surface area (Å²) in [7, 11) is 0. The van der Waals surface area contributed by atoms with E-state index in [0.717, 1.165) is 17.8 Å². The molecule has 0 aliphatic carbocycles. The van der Waals surface area contributed by atoms with Crippen molar-refractivity contribution in [2.75, 3.05) is 18.0 Å². The van der Waals surface area contributed by atoms with Crippen LogP contribution < -0.4 is 34.5 Å². The maximum absolute atomic E-state index is 13.4. The Balaban J connectivity index is 0.00000225. The van der Waals surface area contributed by atoms with Gasteiger partial charge in [-0.2, -0.15) is 0 Å². The SMILES string of the molecule is CC(C)(C)OC(=O)N1CCC(N(c2ccc(F)cc2)c2ccc(Cl)c(Cl)c2)C1.[H-].[Na+]. The second-order valence-corrected chi connectivity index (χ2v) is 8.63. The third-order valence-electron chi connectivity index (χ3n) is 4.47. The zero-order chi connectivity index (χ0) is 20.5. The first-order valence-electron chi connectivity index (χ1n) is 9.12. The third-order valence-corrected chi connectivity index (χ3v) is 5.21. The van der Waals surface area contributed by atoms with Crippen molar-refractivity contribution in [2.24, 2.45) is 0 Å². The number of amides is 1. The van der Waals surface area contributed by atoms with Gasteiger partial charge in [-0.3, -0.25) is 0 Å². The van der Waals surface area contributed by atoms with E-state index in [4.69, 9.17) is 27.9 Å². The Morgan fingerprint density at radius 2 is 1.76 bits per heavy atom. The summed E-state index contributed by atoms with van der Waals surface area (Å²) in [6.45, 7) is 6.61. The average Bonchev–Trinajstić information content (AvgIpc) is 3.08. The molecule has 1 aliphatic heterocycles. The van der Waals surface area contributed by atoms with Gasteiger partial charge in [0.15, 0.2) is 0 Å². The maximum atomic E-state index is 13.4. The van der Waals surface area contributed by atoms with E-state index in [1.54, 1.807) is 29.2 Å². The number of nitrogens with zero attached hydrogens (tertiary/aromatic N) is 2. The van der Waals surface area contributed by atoms with E-state index in [9.17, 15) is 9.18 Å². The van der Waals surface area contributed by atoms with Crippen LogP contribution in [0.25, 0.3) is 0 Å². The normalized spacial score (nSPS) is 16.3. The summed E-state index contributed by atoms with van der Waals surface area (Å²) in [5.41, 5.74) is 1.10. The van der Waals surface area contributed by atoms with Crippen molar-refractivity contribution in [2.45, 2.75) is 38.8 Å². The third kappa shape index (κ3) is 6.25. The van der Waals surface area contributed by atoms with Crippen molar-refractivity contribution in [3.05, 3.63) is 58.3 Å². The number of hydrogen-bond acceptors (Lipinski definition) is 3. The molecule has 0 bridgehead atoms. The molecule has 0 saturated carbocycles. The maximum Gasteiger partial charge on any atom is 1.00 e. The van der Waals surface area contributed by atoms with Gasteiger partial charge in [0.1, 0.15) is 11.4 Å². The van der Waals surface area contributed by atoms with Gasteiger partial charge in [0.05, 0.1) is 16.1 Å². The molecule has 1 saturated heterocycles. The van der Waals surface area contributed by atoms with E-state index < -0.39 is 5.60 Å². The number of carbonyl (C=O) groups is 1. The molecule has 0 radical (unpaired) electrons. The fraction of sp³-hybridized carbons (Fsp3) is 0.381. The molecule has 0 aromatic heterocycles. The Bertz CT molecular complexity index is 865. The van der Waals surface area contributed by atoms with Gasteiger partial charge in [-0.1, -0.05) is 23.2 Å². The molecule has 0 spiro atoms. The van der Waals surface area contributed by atoms with Crippen molar-refractivity contribution >= 4 is 40.7 Å². The van der Waals surface area contributed by atoms with E-state index >= 15 is 0 Å². The van der Waals surface area contributed by atoms with Gasteiger partial charge in [0.2, 0.25) is 0 Å². The average molecular weight is 449 g/mol. The van der Waals surface area contributed by atoms with Gasteiger partial charge in [-0.25, -0.2) is 9.18 Å². The van der Waals surface area contributed by atoms with Crippen LogP contribution in [0.15, 0.2) is 42.5 Å². The van der Waals surface area contributed by atoms with E-state index in [2.05, 4.69) is 4.90 Å². The first-order valence-corrected chi connectivity index (χ1v) is 9.87. The van der Waals surface area contributed by atoms with Crippen LogP contribution in [0.3, 0.4) is 0 Å². The number of anilines is 2. The second-order valence-electron chi connectivity index (χ2n) is 7.81. The molecule has 1 atom stereocenters. The standard InChI is InChI=1S/C21H23Cl2FN2O2.Na.H/c1-21(2,3)28-20(27)25-11-10-17(13-25)26(15-6-4-14(24)5-7-15)16-8-9-18(22)19(23)12-16;;/h4-9,12,17H,10-11,13H2,1-3H3;;/q;+1;-1. The Morgan fingerprint density at radius 1 is 1.14 bits per heavy atom. The van der Waals surface area contributed by atoms with E-state index in [-0.39, 0.29) is 48.9 Å². The van der Waals surface area contributed by atoms with E-state index in [1.807, 2.05) is 26.8 Å². The van der Waals surface area contributed by atoms with Crippen molar-refractivity contribution in [3.63, 3.8) is 0 Å². The molecule has 1 aliphatic rings. The Kier molecular flexibility index (Phi) is 8.28. The first-order chi connectivity index (χ1) is 13.1. The quantitative estimate of drug-likeness (QED) is 0.674. The molecule has 1 unspecified atom stereocenters.